The third-order valence-electron chi connectivity index (χ3n) is 3.05. The maximum absolute atomic E-state index is 5.68. The third-order valence-corrected chi connectivity index (χ3v) is 5.01. The molecule has 2 rings (SSSR count). The molecule has 0 amide bonds. The summed E-state index contributed by atoms with van der Waals surface area (Å²) < 4.78 is 6.90. The topological polar surface area (TPSA) is 21.3 Å². The van der Waals surface area contributed by atoms with Gasteiger partial charge in [-0.3, -0.25) is 0 Å². The van der Waals surface area contributed by atoms with Gasteiger partial charge in [0.15, 0.2) is 0 Å². The molecule has 2 heterocycles. The highest BCUT2D eigenvalue weighted by Gasteiger charge is 2.31. The summed E-state index contributed by atoms with van der Waals surface area (Å²) in [5.41, 5.74) is 0. The van der Waals surface area contributed by atoms with Crippen molar-refractivity contribution in [2.75, 3.05) is 13.2 Å². The van der Waals surface area contributed by atoms with Crippen LogP contribution in [0.5, 0.6) is 0 Å². The van der Waals surface area contributed by atoms with Crippen LogP contribution in [0.15, 0.2) is 15.9 Å². The van der Waals surface area contributed by atoms with E-state index < -0.39 is 0 Å². The molecule has 16 heavy (non-hydrogen) atoms. The monoisotopic (exact) mass is 303 g/mol. The van der Waals surface area contributed by atoms with E-state index in [0.717, 1.165) is 19.6 Å². The Labute approximate surface area is 110 Å². The molecule has 1 aromatic rings. The fourth-order valence-electron chi connectivity index (χ4n) is 2.30. The second-order valence-corrected chi connectivity index (χ2v) is 6.11. The van der Waals surface area contributed by atoms with Crippen molar-refractivity contribution in [2.24, 2.45) is 5.92 Å². The van der Waals surface area contributed by atoms with E-state index in [2.05, 4.69) is 46.5 Å². The Morgan fingerprint density at radius 3 is 3.00 bits per heavy atom. The molecule has 1 fully saturated rings. The van der Waals surface area contributed by atoms with Crippen molar-refractivity contribution in [1.82, 2.24) is 5.32 Å². The Morgan fingerprint density at radius 1 is 1.69 bits per heavy atom. The molecule has 1 aliphatic heterocycles. The predicted molar refractivity (Wildman–Crippen MR) is 72.0 cm³/mol. The lowest BCUT2D eigenvalue weighted by Crippen LogP contribution is -2.28. The summed E-state index contributed by atoms with van der Waals surface area (Å²) in [7, 11) is 0. The molecule has 0 aliphatic carbocycles. The van der Waals surface area contributed by atoms with E-state index in [1.165, 1.54) is 9.35 Å². The Balaban J connectivity index is 2.14. The maximum Gasteiger partial charge on any atom is 0.0551 e. The first-order valence-electron chi connectivity index (χ1n) is 5.80. The molecule has 3 unspecified atom stereocenters. The number of hydrogen-bond acceptors (Lipinski definition) is 3. The lowest BCUT2D eigenvalue weighted by molar-refractivity contribution is 0.117. The summed E-state index contributed by atoms with van der Waals surface area (Å²) >= 11 is 5.45. The summed E-state index contributed by atoms with van der Waals surface area (Å²) in [6.45, 7) is 6.20. The first kappa shape index (κ1) is 12.6. The van der Waals surface area contributed by atoms with Crippen LogP contribution in [0.2, 0.25) is 0 Å². The molecule has 4 heteroatoms. The maximum atomic E-state index is 5.68. The molecule has 1 aliphatic rings. The van der Waals surface area contributed by atoms with Crippen molar-refractivity contribution in [2.45, 2.75) is 32.4 Å². The fourth-order valence-corrected chi connectivity index (χ4v) is 4.09. The number of ether oxygens (including phenoxy) is 1. The molecule has 1 aromatic heterocycles. The van der Waals surface area contributed by atoms with Gasteiger partial charge in [-0.2, -0.15) is 0 Å². The highest BCUT2D eigenvalue weighted by Crippen LogP contribution is 2.37. The van der Waals surface area contributed by atoms with Gasteiger partial charge in [0.25, 0.3) is 0 Å². The van der Waals surface area contributed by atoms with Gasteiger partial charge in [0.1, 0.15) is 0 Å². The zero-order valence-electron chi connectivity index (χ0n) is 9.70. The van der Waals surface area contributed by atoms with Gasteiger partial charge in [0.2, 0.25) is 0 Å². The Bertz CT molecular complexity index is 342. The normalized spacial score (nSPS) is 27.2. The van der Waals surface area contributed by atoms with E-state index in [-0.39, 0.29) is 0 Å². The summed E-state index contributed by atoms with van der Waals surface area (Å²) in [6, 6.07) is 2.56. The lowest BCUT2D eigenvalue weighted by atomic mass is 9.95. The van der Waals surface area contributed by atoms with Crippen LogP contribution >= 0.6 is 27.3 Å². The van der Waals surface area contributed by atoms with Crippen LogP contribution in [0.3, 0.4) is 0 Å². The third kappa shape index (κ3) is 2.67. The molecule has 3 atom stereocenters. The van der Waals surface area contributed by atoms with Gasteiger partial charge in [0.05, 0.1) is 12.7 Å². The van der Waals surface area contributed by atoms with Crippen LogP contribution in [-0.4, -0.2) is 19.3 Å². The van der Waals surface area contributed by atoms with Crippen LogP contribution in [0.4, 0.5) is 0 Å². The van der Waals surface area contributed by atoms with Gasteiger partial charge in [-0.1, -0.05) is 6.92 Å². The molecular formula is C12H18BrNOS. The molecular weight excluding hydrogens is 286 g/mol. The minimum atomic E-state index is 0.407. The minimum absolute atomic E-state index is 0.407. The molecule has 0 saturated carbocycles. The zero-order valence-corrected chi connectivity index (χ0v) is 12.1. The second-order valence-electron chi connectivity index (χ2n) is 4.31. The SMILES string of the molecule is CCNC(c1sccc1Br)C1COC(C)C1. The quantitative estimate of drug-likeness (QED) is 0.918. The van der Waals surface area contributed by atoms with E-state index >= 15 is 0 Å². The zero-order chi connectivity index (χ0) is 11.5. The van der Waals surface area contributed by atoms with E-state index in [9.17, 15) is 0 Å². The molecule has 0 bridgehead atoms. The Morgan fingerprint density at radius 2 is 2.50 bits per heavy atom. The number of halogens is 1. The standard InChI is InChI=1S/C12H18BrNOS/c1-3-14-11(9-6-8(2)15-7-9)12-10(13)4-5-16-12/h4-5,8-9,11,14H,3,6-7H2,1-2H3. The van der Waals surface area contributed by atoms with Crippen molar-refractivity contribution in [3.63, 3.8) is 0 Å². The first-order chi connectivity index (χ1) is 7.72. The molecule has 1 saturated heterocycles. The van der Waals surface area contributed by atoms with Gasteiger partial charge >= 0.3 is 0 Å². The van der Waals surface area contributed by atoms with Crippen molar-refractivity contribution in [3.05, 3.63) is 20.8 Å². The van der Waals surface area contributed by atoms with Gasteiger partial charge in [-0.15, -0.1) is 11.3 Å². The summed E-state index contributed by atoms with van der Waals surface area (Å²) in [5.74, 6) is 0.602. The van der Waals surface area contributed by atoms with Crippen LogP contribution in [0, 0.1) is 5.92 Å². The van der Waals surface area contributed by atoms with E-state index in [1.807, 2.05) is 11.3 Å². The molecule has 0 spiro atoms. The van der Waals surface area contributed by atoms with Crippen molar-refractivity contribution < 1.29 is 4.74 Å². The lowest BCUT2D eigenvalue weighted by Gasteiger charge is -2.22. The van der Waals surface area contributed by atoms with Gasteiger partial charge < -0.3 is 10.1 Å². The average Bonchev–Trinajstić information content (AvgIpc) is 2.84. The van der Waals surface area contributed by atoms with Crippen molar-refractivity contribution >= 4 is 27.3 Å². The second kappa shape index (κ2) is 5.63. The first-order valence-corrected chi connectivity index (χ1v) is 7.47. The molecule has 1 N–H and O–H groups in total. The van der Waals surface area contributed by atoms with Crippen LogP contribution < -0.4 is 5.32 Å². The van der Waals surface area contributed by atoms with E-state index in [1.54, 1.807) is 0 Å². The van der Waals surface area contributed by atoms with Crippen LogP contribution in [-0.2, 0) is 4.74 Å². The summed E-state index contributed by atoms with van der Waals surface area (Å²) in [4.78, 5) is 1.41. The molecule has 0 radical (unpaired) electrons. The van der Waals surface area contributed by atoms with Gasteiger partial charge in [-0.05, 0) is 47.3 Å². The number of thiophene rings is 1. The van der Waals surface area contributed by atoms with E-state index in [4.69, 9.17) is 4.74 Å². The smallest absolute Gasteiger partial charge is 0.0551 e. The fraction of sp³-hybridized carbons (Fsp3) is 0.667. The predicted octanol–water partition coefficient (Wildman–Crippen LogP) is 3.59. The van der Waals surface area contributed by atoms with Crippen molar-refractivity contribution in [3.8, 4) is 0 Å². The van der Waals surface area contributed by atoms with Crippen LogP contribution in [0.1, 0.15) is 31.2 Å². The summed E-state index contributed by atoms with van der Waals surface area (Å²) in [5, 5.41) is 5.73. The van der Waals surface area contributed by atoms with E-state index in [0.29, 0.717) is 18.1 Å². The Hall–Kier alpha value is 0.1000. The average molecular weight is 304 g/mol. The van der Waals surface area contributed by atoms with Gasteiger partial charge in [0, 0.05) is 21.3 Å². The Kier molecular flexibility index (Phi) is 4.41. The molecule has 0 aromatic carbocycles. The van der Waals surface area contributed by atoms with Gasteiger partial charge in [-0.25, -0.2) is 0 Å². The van der Waals surface area contributed by atoms with Crippen LogP contribution in [0.25, 0.3) is 0 Å². The van der Waals surface area contributed by atoms with Crippen molar-refractivity contribution in [1.29, 1.82) is 0 Å². The number of rotatable bonds is 4. The highest BCUT2D eigenvalue weighted by atomic mass is 79.9. The largest absolute Gasteiger partial charge is 0.378 e. The molecule has 90 valence electrons. The summed E-state index contributed by atoms with van der Waals surface area (Å²) in [6.07, 6.45) is 1.56. The number of hydrogen-bond donors (Lipinski definition) is 1. The number of nitrogens with one attached hydrogen (secondary N) is 1. The molecule has 2 nitrogen and oxygen atoms in total. The minimum Gasteiger partial charge on any atom is -0.378 e. The highest BCUT2D eigenvalue weighted by molar-refractivity contribution is 9.10.